The van der Waals surface area contributed by atoms with Gasteiger partial charge in [-0.3, -0.25) is 15.6 Å². The third kappa shape index (κ3) is 4.96. The Morgan fingerprint density at radius 2 is 1.95 bits per heavy atom. The first-order chi connectivity index (χ1) is 9.18. The van der Waals surface area contributed by atoms with Gasteiger partial charge in [-0.2, -0.15) is 13.2 Å². The van der Waals surface area contributed by atoms with Gasteiger partial charge in [-0.15, -0.1) is 0 Å². The van der Waals surface area contributed by atoms with Gasteiger partial charge in [-0.25, -0.2) is 9.78 Å². The number of anilines is 1. The number of carbonyl (C=O) groups excluding carboxylic acids is 1. The number of aromatic nitrogens is 1. The summed E-state index contributed by atoms with van der Waals surface area (Å²) in [6.45, 7) is 1.37. The van der Waals surface area contributed by atoms with E-state index < -0.39 is 23.6 Å². The Hall–Kier alpha value is -2.58. The molecule has 0 saturated carbocycles. The van der Waals surface area contributed by atoms with E-state index in [0.717, 1.165) is 6.07 Å². The molecule has 3 N–H and O–H groups in total. The number of aryl methyl sites for hydroxylation is 1. The van der Waals surface area contributed by atoms with E-state index in [1.165, 1.54) is 6.92 Å². The summed E-state index contributed by atoms with van der Waals surface area (Å²) in [5.74, 6) is -2.38. The summed E-state index contributed by atoms with van der Waals surface area (Å²) in [6.07, 6.45) is -3.24. The van der Waals surface area contributed by atoms with Gasteiger partial charge in [0.05, 0.1) is 5.56 Å². The Morgan fingerprint density at radius 1 is 1.30 bits per heavy atom. The molecule has 1 aromatic rings. The van der Waals surface area contributed by atoms with Crippen molar-refractivity contribution in [2.45, 2.75) is 13.1 Å². The fraction of sp³-hybridized carbons (Fsp3) is 0.182. The number of carboxylic acids is 1. The van der Waals surface area contributed by atoms with E-state index in [0.29, 0.717) is 18.2 Å². The zero-order chi connectivity index (χ0) is 15.3. The van der Waals surface area contributed by atoms with Crippen molar-refractivity contribution in [2.75, 3.05) is 5.43 Å². The van der Waals surface area contributed by atoms with Gasteiger partial charge in [-0.05, 0) is 19.1 Å². The number of hydrazine groups is 1. The Balaban J connectivity index is 2.76. The van der Waals surface area contributed by atoms with Crippen LogP contribution in [0, 0.1) is 6.92 Å². The second kappa shape index (κ2) is 6.04. The standard InChI is InChI=1S/C11H10F3N3O3/c1-6-4-7(11(12,13)14)5-8(15-6)16-17-9(18)2-3-10(19)20/h2-5H,1H3,(H,15,16)(H,17,18)(H,19,20)/b3-2+. The molecule has 20 heavy (non-hydrogen) atoms. The molecule has 0 bridgehead atoms. The molecule has 0 radical (unpaired) electrons. The number of pyridine rings is 1. The minimum absolute atomic E-state index is 0.109. The number of carboxylic acid groups (broad SMARTS) is 1. The number of rotatable bonds is 4. The van der Waals surface area contributed by atoms with Crippen LogP contribution >= 0.6 is 0 Å². The largest absolute Gasteiger partial charge is 0.478 e. The van der Waals surface area contributed by atoms with Crippen LogP contribution in [0.15, 0.2) is 24.3 Å². The van der Waals surface area contributed by atoms with E-state index in [-0.39, 0.29) is 11.5 Å². The van der Waals surface area contributed by atoms with E-state index in [4.69, 9.17) is 5.11 Å². The second-order valence-corrected chi connectivity index (χ2v) is 3.67. The van der Waals surface area contributed by atoms with Crippen LogP contribution in [-0.2, 0) is 15.8 Å². The third-order valence-electron chi connectivity index (χ3n) is 1.97. The number of aliphatic carboxylic acids is 1. The quantitative estimate of drug-likeness (QED) is 0.577. The van der Waals surface area contributed by atoms with Crippen LogP contribution in [0.5, 0.6) is 0 Å². The van der Waals surface area contributed by atoms with Crippen molar-refractivity contribution < 1.29 is 27.9 Å². The first kappa shape index (κ1) is 15.5. The van der Waals surface area contributed by atoms with Crippen molar-refractivity contribution in [1.82, 2.24) is 10.4 Å². The molecule has 0 unspecified atom stereocenters. The van der Waals surface area contributed by atoms with Crippen LogP contribution in [0.4, 0.5) is 19.0 Å². The number of carbonyl (C=O) groups is 2. The van der Waals surface area contributed by atoms with Crippen LogP contribution in [0.2, 0.25) is 0 Å². The van der Waals surface area contributed by atoms with Gasteiger partial charge >= 0.3 is 12.1 Å². The number of halogens is 3. The molecule has 0 spiro atoms. The zero-order valence-corrected chi connectivity index (χ0v) is 10.2. The molecule has 1 heterocycles. The lowest BCUT2D eigenvalue weighted by Crippen LogP contribution is -2.28. The molecule has 0 aliphatic rings. The van der Waals surface area contributed by atoms with Crippen molar-refractivity contribution in [3.05, 3.63) is 35.5 Å². The highest BCUT2D eigenvalue weighted by Gasteiger charge is 2.31. The number of nitrogens with zero attached hydrogens (tertiary/aromatic N) is 1. The Labute approximate surface area is 111 Å². The predicted molar refractivity (Wildman–Crippen MR) is 62.5 cm³/mol. The molecule has 1 aromatic heterocycles. The molecule has 0 fully saturated rings. The highest BCUT2D eigenvalue weighted by molar-refractivity contribution is 5.94. The molecule has 0 aliphatic heterocycles. The smallest absolute Gasteiger partial charge is 0.416 e. The molecule has 108 valence electrons. The minimum atomic E-state index is -4.53. The first-order valence-electron chi connectivity index (χ1n) is 5.21. The van der Waals surface area contributed by atoms with Crippen molar-refractivity contribution in [3.63, 3.8) is 0 Å². The summed E-state index contributed by atoms with van der Waals surface area (Å²) in [6, 6.07) is 1.57. The van der Waals surface area contributed by atoms with Gasteiger partial charge < -0.3 is 5.11 Å². The minimum Gasteiger partial charge on any atom is -0.478 e. The molecular formula is C11H10F3N3O3. The topological polar surface area (TPSA) is 91.3 Å². The van der Waals surface area contributed by atoms with E-state index >= 15 is 0 Å². The normalized spacial score (nSPS) is 11.4. The number of alkyl halides is 3. The van der Waals surface area contributed by atoms with Crippen molar-refractivity contribution in [2.24, 2.45) is 0 Å². The van der Waals surface area contributed by atoms with E-state index in [1.54, 1.807) is 0 Å². The number of amides is 1. The van der Waals surface area contributed by atoms with Crippen LogP contribution in [0.1, 0.15) is 11.3 Å². The van der Waals surface area contributed by atoms with Gasteiger partial charge in [0.1, 0.15) is 5.82 Å². The zero-order valence-electron chi connectivity index (χ0n) is 10.2. The average Bonchev–Trinajstić information content (AvgIpc) is 2.32. The number of nitrogens with one attached hydrogen (secondary N) is 2. The summed E-state index contributed by atoms with van der Waals surface area (Å²) >= 11 is 0. The van der Waals surface area contributed by atoms with Crippen LogP contribution in [0.3, 0.4) is 0 Å². The SMILES string of the molecule is Cc1cc(C(F)(F)F)cc(NNC(=O)/C=C/C(=O)O)n1. The van der Waals surface area contributed by atoms with Crippen LogP contribution in [0.25, 0.3) is 0 Å². The average molecular weight is 289 g/mol. The maximum Gasteiger partial charge on any atom is 0.416 e. The lowest BCUT2D eigenvalue weighted by atomic mass is 10.2. The van der Waals surface area contributed by atoms with Crippen molar-refractivity contribution >= 4 is 17.7 Å². The van der Waals surface area contributed by atoms with E-state index in [9.17, 15) is 22.8 Å². The van der Waals surface area contributed by atoms with Crippen LogP contribution in [-0.4, -0.2) is 22.0 Å². The molecule has 0 saturated heterocycles. The van der Waals surface area contributed by atoms with Gasteiger partial charge in [0.2, 0.25) is 0 Å². The summed E-state index contributed by atoms with van der Waals surface area (Å²) < 4.78 is 37.6. The lowest BCUT2D eigenvalue weighted by molar-refractivity contribution is -0.137. The molecule has 0 aromatic carbocycles. The Morgan fingerprint density at radius 3 is 2.50 bits per heavy atom. The van der Waals surface area contributed by atoms with Gasteiger partial charge in [0.15, 0.2) is 0 Å². The van der Waals surface area contributed by atoms with Gasteiger partial charge in [-0.1, -0.05) is 0 Å². The Bertz CT molecular complexity index is 556. The molecule has 6 nitrogen and oxygen atoms in total. The maximum atomic E-state index is 12.5. The number of hydrogen-bond donors (Lipinski definition) is 3. The fourth-order valence-electron chi connectivity index (χ4n) is 1.21. The predicted octanol–water partition coefficient (Wildman–Crippen LogP) is 1.49. The fourth-order valence-corrected chi connectivity index (χ4v) is 1.21. The molecule has 1 rings (SSSR count). The highest BCUT2D eigenvalue weighted by Crippen LogP contribution is 2.30. The molecule has 1 amide bonds. The maximum absolute atomic E-state index is 12.5. The van der Waals surface area contributed by atoms with Crippen LogP contribution < -0.4 is 10.9 Å². The van der Waals surface area contributed by atoms with Crippen molar-refractivity contribution in [3.8, 4) is 0 Å². The lowest BCUT2D eigenvalue weighted by Gasteiger charge is -2.11. The molecular weight excluding hydrogens is 279 g/mol. The number of hydrogen-bond acceptors (Lipinski definition) is 4. The molecule has 9 heteroatoms. The van der Waals surface area contributed by atoms with Gasteiger partial charge in [0, 0.05) is 17.8 Å². The monoisotopic (exact) mass is 289 g/mol. The summed E-state index contributed by atoms with van der Waals surface area (Å²) in [5.41, 5.74) is 3.35. The first-order valence-corrected chi connectivity index (χ1v) is 5.21. The summed E-state index contributed by atoms with van der Waals surface area (Å²) in [7, 11) is 0. The van der Waals surface area contributed by atoms with Crippen molar-refractivity contribution in [1.29, 1.82) is 0 Å². The summed E-state index contributed by atoms with van der Waals surface area (Å²) in [5, 5.41) is 8.29. The molecule has 0 atom stereocenters. The molecule has 0 aliphatic carbocycles. The second-order valence-electron chi connectivity index (χ2n) is 3.67. The highest BCUT2D eigenvalue weighted by atomic mass is 19.4. The van der Waals surface area contributed by atoms with E-state index in [2.05, 4.69) is 10.4 Å². The van der Waals surface area contributed by atoms with E-state index in [1.807, 2.05) is 5.43 Å². The Kier molecular flexibility index (Phi) is 4.68. The third-order valence-corrected chi connectivity index (χ3v) is 1.97. The summed E-state index contributed by atoms with van der Waals surface area (Å²) in [4.78, 5) is 25.0. The van der Waals surface area contributed by atoms with Gasteiger partial charge in [0.25, 0.3) is 5.91 Å².